The second kappa shape index (κ2) is 6.14. The van der Waals surface area contributed by atoms with E-state index in [1.165, 1.54) is 5.56 Å². The molecule has 3 rings (SSSR count). The first-order valence-electron chi connectivity index (χ1n) is 6.95. The number of rotatable bonds is 4. The van der Waals surface area contributed by atoms with Gasteiger partial charge < -0.3 is 4.98 Å². The molecule has 4 heteroatoms. The quantitative estimate of drug-likeness (QED) is 0.745. The number of hydrogen-bond donors (Lipinski definition) is 1. The Hall–Kier alpha value is -2.07. The fourth-order valence-electron chi connectivity index (χ4n) is 2.19. The predicted molar refractivity (Wildman–Crippen MR) is 87.7 cm³/mol. The smallest absolute Gasteiger partial charge is 0.251 e. The summed E-state index contributed by atoms with van der Waals surface area (Å²) in [6.45, 7) is 1.97. The summed E-state index contributed by atoms with van der Waals surface area (Å²) in [5.74, 6) is 0.894. The van der Waals surface area contributed by atoms with Crippen molar-refractivity contribution >= 4 is 22.8 Å². The monoisotopic (exact) mass is 296 g/mol. The largest absolute Gasteiger partial charge is 0.320 e. The van der Waals surface area contributed by atoms with Crippen molar-refractivity contribution in [2.45, 2.75) is 24.0 Å². The van der Waals surface area contributed by atoms with E-state index in [1.807, 2.05) is 43.5 Å². The summed E-state index contributed by atoms with van der Waals surface area (Å²) in [5.41, 5.74) is 3.68. The molecular weight excluding hydrogens is 280 g/mol. The number of aromatic nitrogens is 2. The molecule has 3 aromatic rings. The summed E-state index contributed by atoms with van der Waals surface area (Å²) < 4.78 is 0. The standard InChI is InChI=1S/C17H16N2OS/c1-2-13-8-15-16(19-17(13)20)9-14(10-18-15)21-11-12-6-4-3-5-7-12/h3-10H,2,11H2,1H3,(H,19,20). The Balaban J connectivity index is 1.86. The average molecular weight is 296 g/mol. The zero-order valence-corrected chi connectivity index (χ0v) is 12.6. The summed E-state index contributed by atoms with van der Waals surface area (Å²) in [7, 11) is 0. The van der Waals surface area contributed by atoms with E-state index < -0.39 is 0 Å². The lowest BCUT2D eigenvalue weighted by atomic mass is 10.2. The van der Waals surface area contributed by atoms with Gasteiger partial charge in [-0.25, -0.2) is 0 Å². The summed E-state index contributed by atoms with van der Waals surface area (Å²) in [6, 6.07) is 14.2. The Labute approximate surface area is 127 Å². The van der Waals surface area contributed by atoms with Gasteiger partial charge in [-0.05, 0) is 24.1 Å². The molecule has 1 aromatic carbocycles. The van der Waals surface area contributed by atoms with Crippen LogP contribution in [0.3, 0.4) is 0 Å². The van der Waals surface area contributed by atoms with Gasteiger partial charge in [-0.2, -0.15) is 0 Å². The predicted octanol–water partition coefficient (Wildman–Crippen LogP) is 3.78. The van der Waals surface area contributed by atoms with Gasteiger partial charge in [0.05, 0.1) is 11.0 Å². The number of thioether (sulfide) groups is 1. The van der Waals surface area contributed by atoms with Gasteiger partial charge >= 0.3 is 0 Å². The van der Waals surface area contributed by atoms with E-state index >= 15 is 0 Å². The molecule has 0 saturated carbocycles. The lowest BCUT2D eigenvalue weighted by Crippen LogP contribution is -2.11. The molecule has 0 radical (unpaired) electrons. The molecule has 0 fully saturated rings. The second-order valence-corrected chi connectivity index (χ2v) is 5.90. The molecule has 0 aliphatic heterocycles. The second-order valence-electron chi connectivity index (χ2n) is 4.86. The van der Waals surface area contributed by atoms with Crippen molar-refractivity contribution in [2.24, 2.45) is 0 Å². The lowest BCUT2D eigenvalue weighted by Gasteiger charge is -2.04. The van der Waals surface area contributed by atoms with Crippen LogP contribution >= 0.6 is 11.8 Å². The molecule has 0 aliphatic carbocycles. The first-order valence-corrected chi connectivity index (χ1v) is 7.93. The lowest BCUT2D eigenvalue weighted by molar-refractivity contribution is 1.07. The van der Waals surface area contributed by atoms with Crippen LogP contribution in [0.2, 0.25) is 0 Å². The average Bonchev–Trinajstić information content (AvgIpc) is 2.53. The molecule has 0 amide bonds. The topological polar surface area (TPSA) is 45.8 Å². The highest BCUT2D eigenvalue weighted by atomic mass is 32.2. The van der Waals surface area contributed by atoms with Crippen molar-refractivity contribution in [1.29, 1.82) is 0 Å². The number of nitrogens with zero attached hydrogens (tertiary/aromatic N) is 1. The molecule has 0 bridgehead atoms. The minimum atomic E-state index is -0.0167. The van der Waals surface area contributed by atoms with Crippen LogP contribution in [0.5, 0.6) is 0 Å². The van der Waals surface area contributed by atoms with Gasteiger partial charge in [0.15, 0.2) is 0 Å². The zero-order valence-electron chi connectivity index (χ0n) is 11.8. The Morgan fingerprint density at radius 2 is 2.00 bits per heavy atom. The molecule has 106 valence electrons. The van der Waals surface area contributed by atoms with Crippen LogP contribution in [-0.4, -0.2) is 9.97 Å². The van der Waals surface area contributed by atoms with Crippen LogP contribution < -0.4 is 5.56 Å². The minimum Gasteiger partial charge on any atom is -0.320 e. The molecular formula is C17H16N2OS. The van der Waals surface area contributed by atoms with E-state index in [1.54, 1.807) is 11.8 Å². The molecule has 0 spiro atoms. The Morgan fingerprint density at radius 3 is 2.76 bits per heavy atom. The number of hydrogen-bond acceptors (Lipinski definition) is 3. The first-order chi connectivity index (χ1) is 10.3. The van der Waals surface area contributed by atoms with Gasteiger partial charge in [0.1, 0.15) is 0 Å². The molecule has 0 unspecified atom stereocenters. The van der Waals surface area contributed by atoms with Gasteiger partial charge in [0, 0.05) is 22.4 Å². The van der Waals surface area contributed by atoms with Crippen molar-refractivity contribution in [3.05, 3.63) is 70.1 Å². The molecule has 0 saturated heterocycles. The van der Waals surface area contributed by atoms with Crippen LogP contribution in [0.15, 0.2) is 58.4 Å². The number of aryl methyl sites for hydroxylation is 1. The highest BCUT2D eigenvalue weighted by Gasteiger charge is 2.04. The zero-order chi connectivity index (χ0) is 14.7. The van der Waals surface area contributed by atoms with Crippen molar-refractivity contribution in [2.75, 3.05) is 0 Å². The molecule has 3 nitrogen and oxygen atoms in total. The van der Waals surface area contributed by atoms with Crippen molar-refractivity contribution in [1.82, 2.24) is 9.97 Å². The third-order valence-corrected chi connectivity index (χ3v) is 4.41. The maximum atomic E-state index is 11.9. The van der Waals surface area contributed by atoms with Crippen LogP contribution in [-0.2, 0) is 12.2 Å². The van der Waals surface area contributed by atoms with Gasteiger partial charge in [-0.3, -0.25) is 9.78 Å². The molecule has 1 N–H and O–H groups in total. The number of H-pyrrole nitrogens is 1. The summed E-state index contributed by atoms with van der Waals surface area (Å²) >= 11 is 1.72. The summed E-state index contributed by atoms with van der Waals surface area (Å²) in [4.78, 5) is 20.3. The fraction of sp³-hybridized carbons (Fsp3) is 0.176. The molecule has 0 aliphatic rings. The van der Waals surface area contributed by atoms with Gasteiger partial charge in [0.2, 0.25) is 0 Å². The first kappa shape index (κ1) is 13.9. The van der Waals surface area contributed by atoms with Crippen LogP contribution in [0.4, 0.5) is 0 Å². The van der Waals surface area contributed by atoms with Crippen LogP contribution in [0.1, 0.15) is 18.1 Å². The number of fused-ring (bicyclic) bond motifs is 1. The number of aromatic amines is 1. The van der Waals surface area contributed by atoms with Crippen LogP contribution in [0.25, 0.3) is 11.0 Å². The summed E-state index contributed by atoms with van der Waals surface area (Å²) in [5, 5.41) is 0. The highest BCUT2D eigenvalue weighted by molar-refractivity contribution is 7.98. The molecule has 21 heavy (non-hydrogen) atoms. The Morgan fingerprint density at radius 1 is 1.19 bits per heavy atom. The maximum absolute atomic E-state index is 11.9. The molecule has 0 atom stereocenters. The highest BCUT2D eigenvalue weighted by Crippen LogP contribution is 2.24. The van der Waals surface area contributed by atoms with Crippen LogP contribution in [0, 0.1) is 0 Å². The van der Waals surface area contributed by atoms with E-state index in [9.17, 15) is 4.79 Å². The molecule has 2 aromatic heterocycles. The van der Waals surface area contributed by atoms with E-state index in [0.717, 1.165) is 33.7 Å². The van der Waals surface area contributed by atoms with Crippen molar-refractivity contribution < 1.29 is 0 Å². The normalized spacial score (nSPS) is 10.9. The third kappa shape index (κ3) is 3.16. The van der Waals surface area contributed by atoms with Gasteiger partial charge in [-0.15, -0.1) is 11.8 Å². The Bertz CT molecular complexity index is 812. The number of nitrogens with one attached hydrogen (secondary N) is 1. The summed E-state index contributed by atoms with van der Waals surface area (Å²) in [6.07, 6.45) is 2.59. The SMILES string of the molecule is CCc1cc2ncc(SCc3ccccc3)cc2[nH]c1=O. The van der Waals surface area contributed by atoms with Gasteiger partial charge in [0.25, 0.3) is 5.56 Å². The molecule has 2 heterocycles. The van der Waals surface area contributed by atoms with Crippen molar-refractivity contribution in [3.63, 3.8) is 0 Å². The third-order valence-electron chi connectivity index (χ3n) is 3.37. The van der Waals surface area contributed by atoms with E-state index in [4.69, 9.17) is 0 Å². The fourth-order valence-corrected chi connectivity index (χ4v) is 3.04. The maximum Gasteiger partial charge on any atom is 0.251 e. The number of benzene rings is 1. The van der Waals surface area contributed by atoms with E-state index in [2.05, 4.69) is 22.1 Å². The number of pyridine rings is 2. The minimum absolute atomic E-state index is 0.0167. The van der Waals surface area contributed by atoms with Crippen molar-refractivity contribution in [3.8, 4) is 0 Å². The van der Waals surface area contributed by atoms with Gasteiger partial charge in [-0.1, -0.05) is 37.3 Å². The van der Waals surface area contributed by atoms with E-state index in [0.29, 0.717) is 0 Å². The van der Waals surface area contributed by atoms with E-state index in [-0.39, 0.29) is 5.56 Å². The Kier molecular flexibility index (Phi) is 4.06.